The summed E-state index contributed by atoms with van der Waals surface area (Å²) in [4.78, 5) is 15.1. The van der Waals surface area contributed by atoms with Gasteiger partial charge in [0, 0.05) is 0 Å². The number of hydrogen-bond donors (Lipinski definition) is 0. The Hall–Kier alpha value is -2.37. The minimum atomic E-state index is -0.0945. The van der Waals surface area contributed by atoms with Crippen LogP contribution in [0.4, 0.5) is 0 Å². The molecular weight excluding hydrogens is 350 g/mol. The number of rotatable bonds is 5. The van der Waals surface area contributed by atoms with E-state index in [1.807, 2.05) is 67.6 Å². The number of hydrogen-bond acceptors (Lipinski definition) is 4. The molecule has 25 heavy (non-hydrogen) atoms. The van der Waals surface area contributed by atoms with Crippen LogP contribution in [0.25, 0.3) is 6.08 Å². The number of nitrogens with zero attached hydrogens (tertiary/aromatic N) is 1. The first-order valence-corrected chi connectivity index (χ1v) is 9.02. The van der Waals surface area contributed by atoms with Crippen LogP contribution in [-0.2, 0) is 4.79 Å². The summed E-state index contributed by atoms with van der Waals surface area (Å²) >= 11 is 6.77. The lowest BCUT2D eigenvalue weighted by Gasteiger charge is -2.23. The van der Waals surface area contributed by atoms with E-state index in [4.69, 9.17) is 17.0 Å². The highest BCUT2D eigenvalue weighted by molar-refractivity contribution is 8.26. The molecule has 0 unspecified atom stereocenters. The molecule has 3 nitrogen and oxygen atoms in total. The molecule has 0 saturated carbocycles. The Balaban J connectivity index is 1.82. The second-order valence-corrected chi connectivity index (χ2v) is 7.17. The van der Waals surface area contributed by atoms with Gasteiger partial charge in [0.05, 0.1) is 17.2 Å². The molecule has 1 saturated heterocycles. The monoisotopic (exact) mass is 367 g/mol. The summed E-state index contributed by atoms with van der Waals surface area (Å²) in [6.07, 6.45) is 3.24. The molecule has 0 radical (unpaired) electrons. The molecule has 0 aliphatic carbocycles. The van der Waals surface area contributed by atoms with Crippen molar-refractivity contribution in [1.29, 1.82) is 0 Å². The quantitative estimate of drug-likeness (QED) is 0.414. The Kier molecular flexibility index (Phi) is 5.36. The van der Waals surface area contributed by atoms with Crippen molar-refractivity contribution in [2.24, 2.45) is 0 Å². The highest BCUT2D eigenvalue weighted by atomic mass is 32.2. The first-order chi connectivity index (χ1) is 12.1. The molecule has 5 heteroatoms. The third-order valence-corrected chi connectivity index (χ3v) is 5.22. The summed E-state index contributed by atoms with van der Waals surface area (Å²) in [5.41, 5.74) is 1.98. The van der Waals surface area contributed by atoms with Crippen LogP contribution in [0.1, 0.15) is 24.1 Å². The average Bonchev–Trinajstić information content (AvgIpc) is 2.90. The molecule has 0 bridgehead atoms. The number of thiocarbonyl (C=S) groups is 1. The summed E-state index contributed by atoms with van der Waals surface area (Å²) in [5, 5.41) is 0. The van der Waals surface area contributed by atoms with Crippen molar-refractivity contribution >= 4 is 40.3 Å². The largest absolute Gasteiger partial charge is 0.466 e. The molecule has 1 aliphatic rings. The van der Waals surface area contributed by atoms with Gasteiger partial charge in [0.1, 0.15) is 10.1 Å². The van der Waals surface area contributed by atoms with Crippen molar-refractivity contribution in [3.8, 4) is 5.75 Å². The van der Waals surface area contributed by atoms with Crippen molar-refractivity contribution < 1.29 is 9.53 Å². The van der Waals surface area contributed by atoms with Crippen molar-refractivity contribution in [1.82, 2.24) is 4.90 Å². The predicted octanol–water partition coefficient (Wildman–Crippen LogP) is 5.17. The van der Waals surface area contributed by atoms with Gasteiger partial charge in [-0.2, -0.15) is 0 Å². The lowest BCUT2D eigenvalue weighted by atomic mass is 10.1. The van der Waals surface area contributed by atoms with Gasteiger partial charge in [-0.3, -0.25) is 9.69 Å². The van der Waals surface area contributed by atoms with Gasteiger partial charge in [-0.15, -0.1) is 0 Å². The molecule has 0 spiro atoms. The molecule has 2 aromatic carbocycles. The van der Waals surface area contributed by atoms with Gasteiger partial charge in [-0.25, -0.2) is 0 Å². The minimum absolute atomic E-state index is 0.0576. The Labute approximate surface area is 157 Å². The molecule has 0 aromatic heterocycles. The molecule has 2 aromatic rings. The van der Waals surface area contributed by atoms with Gasteiger partial charge in [0.2, 0.25) is 0 Å². The molecule has 0 N–H and O–H groups in total. The number of thioether (sulfide) groups is 1. The van der Waals surface area contributed by atoms with Crippen molar-refractivity contribution in [3.63, 3.8) is 0 Å². The van der Waals surface area contributed by atoms with E-state index in [1.165, 1.54) is 18.0 Å². The van der Waals surface area contributed by atoms with Crippen LogP contribution >= 0.6 is 24.0 Å². The van der Waals surface area contributed by atoms with Crippen molar-refractivity contribution in [3.05, 3.63) is 83.5 Å². The van der Waals surface area contributed by atoms with Gasteiger partial charge >= 0.3 is 0 Å². The molecule has 126 valence electrons. The second kappa shape index (κ2) is 7.68. The fourth-order valence-corrected chi connectivity index (χ4v) is 4.00. The summed E-state index contributed by atoms with van der Waals surface area (Å²) in [7, 11) is 0. The molecule has 3 rings (SSSR count). The number of benzene rings is 2. The van der Waals surface area contributed by atoms with Gasteiger partial charge in [0.15, 0.2) is 0 Å². The van der Waals surface area contributed by atoms with E-state index in [0.29, 0.717) is 15.0 Å². The fraction of sp³-hybridized carbons (Fsp3) is 0.100. The van der Waals surface area contributed by atoms with Crippen LogP contribution in [-0.4, -0.2) is 15.1 Å². The average molecular weight is 367 g/mol. The Morgan fingerprint density at radius 1 is 1.16 bits per heavy atom. The molecule has 1 fully saturated rings. The van der Waals surface area contributed by atoms with E-state index in [-0.39, 0.29) is 11.9 Å². The van der Waals surface area contributed by atoms with Gasteiger partial charge in [-0.1, -0.05) is 73.0 Å². The summed E-state index contributed by atoms with van der Waals surface area (Å²) in [6.45, 7) is 5.52. The Morgan fingerprint density at radius 2 is 1.84 bits per heavy atom. The summed E-state index contributed by atoms with van der Waals surface area (Å²) < 4.78 is 5.79. The third kappa shape index (κ3) is 3.83. The van der Waals surface area contributed by atoms with Crippen LogP contribution in [0.5, 0.6) is 5.75 Å². The zero-order valence-corrected chi connectivity index (χ0v) is 15.3. The fourth-order valence-electron chi connectivity index (χ4n) is 2.58. The van der Waals surface area contributed by atoms with Crippen LogP contribution in [0, 0.1) is 0 Å². The lowest BCUT2D eigenvalue weighted by Crippen LogP contribution is -2.30. The first kappa shape index (κ1) is 17.5. The van der Waals surface area contributed by atoms with Crippen LogP contribution in [0.15, 0.2) is 72.3 Å². The van der Waals surface area contributed by atoms with E-state index in [9.17, 15) is 4.79 Å². The maximum atomic E-state index is 12.8. The molecule has 1 aliphatic heterocycles. The highest BCUT2D eigenvalue weighted by Crippen LogP contribution is 2.38. The van der Waals surface area contributed by atoms with Crippen LogP contribution < -0.4 is 4.74 Å². The molecule has 1 amide bonds. The zero-order chi connectivity index (χ0) is 17.8. The smallest absolute Gasteiger partial charge is 0.266 e. The predicted molar refractivity (Wildman–Crippen MR) is 107 cm³/mol. The number of ether oxygens (including phenoxy) is 1. The van der Waals surface area contributed by atoms with Crippen molar-refractivity contribution in [2.45, 2.75) is 13.0 Å². The maximum absolute atomic E-state index is 12.8. The van der Waals surface area contributed by atoms with E-state index in [2.05, 4.69) is 6.58 Å². The van der Waals surface area contributed by atoms with Gasteiger partial charge < -0.3 is 4.74 Å². The summed E-state index contributed by atoms with van der Waals surface area (Å²) in [5.74, 6) is 0.648. The Morgan fingerprint density at radius 3 is 2.48 bits per heavy atom. The zero-order valence-electron chi connectivity index (χ0n) is 13.7. The van der Waals surface area contributed by atoms with Crippen LogP contribution in [0.2, 0.25) is 0 Å². The first-order valence-electron chi connectivity index (χ1n) is 7.80. The normalized spacial score (nSPS) is 17.0. The maximum Gasteiger partial charge on any atom is 0.266 e. The standard InChI is InChI=1S/C20H17NO2S2/c1-3-23-17-11-9-15(10-12-17)13-18-19(22)21(20(24)25-18)14(2)16-7-5-4-6-8-16/h3-14H,1H2,2H3/b18-13-/t14-/m1/s1. The Bertz CT molecular complexity index is 829. The second-order valence-electron chi connectivity index (χ2n) is 5.49. The number of carbonyl (C=O) groups is 1. The van der Waals surface area contributed by atoms with Gasteiger partial charge in [0.25, 0.3) is 5.91 Å². The van der Waals surface area contributed by atoms with E-state index in [0.717, 1.165) is 11.1 Å². The SMILES string of the molecule is C=COc1ccc(/C=C2\SC(=S)N([C@H](C)c3ccccc3)C2=O)cc1. The third-order valence-electron chi connectivity index (χ3n) is 3.89. The van der Waals surface area contributed by atoms with E-state index < -0.39 is 0 Å². The molecule has 1 heterocycles. The van der Waals surface area contributed by atoms with E-state index in [1.54, 1.807) is 4.90 Å². The minimum Gasteiger partial charge on any atom is -0.466 e. The summed E-state index contributed by atoms with van der Waals surface area (Å²) in [6, 6.07) is 17.3. The van der Waals surface area contributed by atoms with Crippen LogP contribution in [0.3, 0.4) is 0 Å². The van der Waals surface area contributed by atoms with Crippen molar-refractivity contribution in [2.75, 3.05) is 0 Å². The topological polar surface area (TPSA) is 29.5 Å². The molecular formula is C20H17NO2S2. The number of carbonyl (C=O) groups excluding carboxylic acids is 1. The highest BCUT2D eigenvalue weighted by Gasteiger charge is 2.35. The number of amides is 1. The molecule has 1 atom stereocenters. The van der Waals surface area contributed by atoms with Gasteiger partial charge in [-0.05, 0) is 36.3 Å². The lowest BCUT2D eigenvalue weighted by molar-refractivity contribution is -0.123. The van der Waals surface area contributed by atoms with E-state index >= 15 is 0 Å².